The highest BCUT2D eigenvalue weighted by atomic mass is 32.1. The molecule has 3 rings (SSSR count). The van der Waals surface area contributed by atoms with Crippen LogP contribution < -0.4 is 16.0 Å². The number of amides is 3. The van der Waals surface area contributed by atoms with Crippen LogP contribution in [0.2, 0.25) is 0 Å². The molecule has 1 aromatic carbocycles. The average molecular weight is 371 g/mol. The number of carbonyl (C=O) groups excluding carboxylic acids is 3. The molecule has 0 aliphatic heterocycles. The highest BCUT2D eigenvalue weighted by Gasteiger charge is 2.24. The van der Waals surface area contributed by atoms with Crippen LogP contribution >= 0.6 is 11.3 Å². The molecule has 2 aromatic rings. The summed E-state index contributed by atoms with van der Waals surface area (Å²) in [5.41, 5.74) is 1.62. The minimum atomic E-state index is -0.179. The normalized spacial score (nSPS) is 13.1. The van der Waals surface area contributed by atoms with E-state index in [9.17, 15) is 14.4 Å². The summed E-state index contributed by atoms with van der Waals surface area (Å²) in [7, 11) is 0. The summed E-state index contributed by atoms with van der Waals surface area (Å²) in [5, 5.41) is 12.1. The third kappa shape index (κ3) is 5.16. The van der Waals surface area contributed by atoms with Gasteiger partial charge in [-0.3, -0.25) is 14.4 Å². The number of hydrogen-bond acceptors (Lipinski definition) is 4. The van der Waals surface area contributed by atoms with E-state index in [0.717, 1.165) is 12.8 Å². The van der Waals surface area contributed by atoms with Crippen LogP contribution in [0.3, 0.4) is 0 Å². The zero-order chi connectivity index (χ0) is 18.4. The Balaban J connectivity index is 1.44. The highest BCUT2D eigenvalue weighted by Crippen LogP contribution is 2.21. The SMILES string of the molecule is O=C(CCCNC(=O)c1ccsc1)Nc1ccccc1C(=O)NC1CC1. The topological polar surface area (TPSA) is 87.3 Å². The van der Waals surface area contributed by atoms with Crippen molar-refractivity contribution >= 4 is 34.7 Å². The van der Waals surface area contributed by atoms with E-state index in [1.54, 1.807) is 35.7 Å². The quantitative estimate of drug-likeness (QED) is 0.624. The maximum Gasteiger partial charge on any atom is 0.253 e. The van der Waals surface area contributed by atoms with Gasteiger partial charge >= 0.3 is 0 Å². The van der Waals surface area contributed by atoms with Gasteiger partial charge in [-0.2, -0.15) is 11.3 Å². The van der Waals surface area contributed by atoms with Crippen molar-refractivity contribution in [2.45, 2.75) is 31.7 Å². The predicted octanol–water partition coefficient (Wildman–Crippen LogP) is 2.79. The summed E-state index contributed by atoms with van der Waals surface area (Å²) >= 11 is 1.47. The smallest absolute Gasteiger partial charge is 0.253 e. The number of carbonyl (C=O) groups is 3. The number of anilines is 1. The van der Waals surface area contributed by atoms with Gasteiger partial charge in [0.05, 0.1) is 11.3 Å². The fourth-order valence-electron chi connectivity index (χ4n) is 2.44. The second-order valence-corrected chi connectivity index (χ2v) is 6.99. The van der Waals surface area contributed by atoms with Crippen LogP contribution in [-0.2, 0) is 4.79 Å². The van der Waals surface area contributed by atoms with Gasteiger partial charge in [-0.1, -0.05) is 12.1 Å². The fourth-order valence-corrected chi connectivity index (χ4v) is 3.08. The van der Waals surface area contributed by atoms with Crippen LogP contribution in [-0.4, -0.2) is 30.3 Å². The summed E-state index contributed by atoms with van der Waals surface area (Å²) in [5.74, 6) is -0.471. The minimum absolute atomic E-state index is 0.131. The molecule has 7 heteroatoms. The van der Waals surface area contributed by atoms with E-state index in [-0.39, 0.29) is 30.2 Å². The van der Waals surface area contributed by atoms with Crippen molar-refractivity contribution < 1.29 is 14.4 Å². The van der Waals surface area contributed by atoms with E-state index in [4.69, 9.17) is 0 Å². The van der Waals surface area contributed by atoms with Crippen molar-refractivity contribution in [2.24, 2.45) is 0 Å². The van der Waals surface area contributed by atoms with Gasteiger partial charge in [-0.25, -0.2) is 0 Å². The molecule has 1 aliphatic carbocycles. The number of nitrogens with one attached hydrogen (secondary N) is 3. The Morgan fingerprint density at radius 2 is 1.88 bits per heavy atom. The first kappa shape index (κ1) is 18.1. The fraction of sp³-hybridized carbons (Fsp3) is 0.316. The molecular weight excluding hydrogens is 350 g/mol. The first-order chi connectivity index (χ1) is 12.6. The summed E-state index contributed by atoms with van der Waals surface area (Å²) in [6, 6.07) is 9.00. The third-order valence-electron chi connectivity index (χ3n) is 4.01. The number of hydrogen-bond donors (Lipinski definition) is 3. The Kier molecular flexibility index (Phi) is 6.01. The van der Waals surface area contributed by atoms with E-state index >= 15 is 0 Å². The molecule has 1 aliphatic rings. The largest absolute Gasteiger partial charge is 0.352 e. The Bertz CT molecular complexity index is 785. The monoisotopic (exact) mass is 371 g/mol. The standard InChI is InChI=1S/C19H21N3O3S/c23-17(6-3-10-20-18(24)13-9-11-26-12-13)22-16-5-2-1-4-15(16)19(25)21-14-7-8-14/h1-2,4-5,9,11-12,14H,3,6-8,10H2,(H,20,24)(H,21,25)(H,22,23). The maximum absolute atomic E-state index is 12.2. The van der Waals surface area contributed by atoms with Crippen LogP contribution in [0.15, 0.2) is 41.1 Å². The molecule has 0 unspecified atom stereocenters. The molecule has 6 nitrogen and oxygen atoms in total. The predicted molar refractivity (Wildman–Crippen MR) is 101 cm³/mol. The molecule has 0 atom stereocenters. The van der Waals surface area contributed by atoms with E-state index in [2.05, 4.69) is 16.0 Å². The van der Waals surface area contributed by atoms with Crippen molar-refractivity contribution in [3.05, 3.63) is 52.2 Å². The zero-order valence-corrected chi connectivity index (χ0v) is 15.1. The summed E-state index contributed by atoms with van der Waals surface area (Å²) in [6.07, 6.45) is 2.81. The maximum atomic E-state index is 12.2. The van der Waals surface area contributed by atoms with Crippen molar-refractivity contribution in [1.82, 2.24) is 10.6 Å². The van der Waals surface area contributed by atoms with Crippen molar-refractivity contribution in [1.29, 1.82) is 0 Å². The highest BCUT2D eigenvalue weighted by molar-refractivity contribution is 7.08. The second kappa shape index (κ2) is 8.62. The second-order valence-electron chi connectivity index (χ2n) is 6.21. The lowest BCUT2D eigenvalue weighted by Gasteiger charge is -2.11. The van der Waals surface area contributed by atoms with Gasteiger partial charge in [-0.15, -0.1) is 0 Å². The average Bonchev–Trinajstić information content (AvgIpc) is 3.27. The number of thiophene rings is 1. The van der Waals surface area contributed by atoms with Gasteiger partial charge in [0.1, 0.15) is 0 Å². The van der Waals surface area contributed by atoms with Crippen LogP contribution in [0.4, 0.5) is 5.69 Å². The third-order valence-corrected chi connectivity index (χ3v) is 4.69. The van der Waals surface area contributed by atoms with Crippen LogP contribution in [0, 0.1) is 0 Å². The van der Waals surface area contributed by atoms with Crippen LogP contribution in [0.25, 0.3) is 0 Å². The Labute approximate surface area is 156 Å². The molecule has 3 N–H and O–H groups in total. The molecule has 1 saturated carbocycles. The van der Waals surface area contributed by atoms with Crippen LogP contribution in [0.5, 0.6) is 0 Å². The molecule has 0 saturated heterocycles. The Morgan fingerprint density at radius 1 is 1.08 bits per heavy atom. The first-order valence-electron chi connectivity index (χ1n) is 8.63. The van der Waals surface area contributed by atoms with Gasteiger partial charge in [0.25, 0.3) is 11.8 Å². The lowest BCUT2D eigenvalue weighted by atomic mass is 10.1. The molecule has 26 heavy (non-hydrogen) atoms. The van der Waals surface area contributed by atoms with E-state index in [1.165, 1.54) is 11.3 Å². The molecule has 0 radical (unpaired) electrons. The molecule has 1 heterocycles. The van der Waals surface area contributed by atoms with Gasteiger partial charge in [0, 0.05) is 30.0 Å². The van der Waals surface area contributed by atoms with Crippen molar-refractivity contribution in [2.75, 3.05) is 11.9 Å². The summed E-state index contributed by atoms with van der Waals surface area (Å²) < 4.78 is 0. The van der Waals surface area contributed by atoms with Gasteiger partial charge in [-0.05, 0) is 42.8 Å². The molecule has 0 bridgehead atoms. The lowest BCUT2D eigenvalue weighted by Crippen LogP contribution is -2.27. The first-order valence-corrected chi connectivity index (χ1v) is 9.58. The Morgan fingerprint density at radius 3 is 2.62 bits per heavy atom. The number of para-hydroxylation sites is 1. The molecule has 1 fully saturated rings. The van der Waals surface area contributed by atoms with Crippen LogP contribution in [0.1, 0.15) is 46.4 Å². The number of rotatable bonds is 8. The molecular formula is C19H21N3O3S. The molecule has 136 valence electrons. The van der Waals surface area contributed by atoms with Gasteiger partial charge < -0.3 is 16.0 Å². The van der Waals surface area contributed by atoms with E-state index < -0.39 is 0 Å². The minimum Gasteiger partial charge on any atom is -0.352 e. The number of benzene rings is 1. The lowest BCUT2D eigenvalue weighted by molar-refractivity contribution is -0.116. The van der Waals surface area contributed by atoms with E-state index in [1.807, 2.05) is 5.38 Å². The summed E-state index contributed by atoms with van der Waals surface area (Å²) in [4.78, 5) is 36.2. The van der Waals surface area contributed by atoms with Gasteiger partial charge in [0.15, 0.2) is 0 Å². The van der Waals surface area contributed by atoms with Gasteiger partial charge in [0.2, 0.25) is 5.91 Å². The molecule has 3 amide bonds. The van der Waals surface area contributed by atoms with Crippen molar-refractivity contribution in [3.8, 4) is 0 Å². The summed E-state index contributed by atoms with van der Waals surface area (Å²) in [6.45, 7) is 0.423. The molecule has 0 spiro atoms. The van der Waals surface area contributed by atoms with E-state index in [0.29, 0.717) is 29.8 Å². The zero-order valence-electron chi connectivity index (χ0n) is 14.3. The Hall–Kier alpha value is -2.67. The van der Waals surface area contributed by atoms with Crippen molar-refractivity contribution in [3.63, 3.8) is 0 Å². The molecule has 1 aromatic heterocycles.